The fourth-order valence-electron chi connectivity index (χ4n) is 2.47. The molecule has 6 heteroatoms. The summed E-state index contributed by atoms with van der Waals surface area (Å²) in [6.45, 7) is 2.60. The number of rotatable bonds is 5. The maximum absolute atomic E-state index is 12.2. The summed E-state index contributed by atoms with van der Waals surface area (Å²) in [5, 5.41) is 10.4. The van der Waals surface area contributed by atoms with Crippen molar-refractivity contribution in [2.45, 2.75) is 13.3 Å². The van der Waals surface area contributed by atoms with Gasteiger partial charge in [0.25, 0.3) is 5.56 Å². The molecule has 0 fully saturated rings. The van der Waals surface area contributed by atoms with Crippen LogP contribution in [0.5, 0.6) is 5.75 Å². The Kier molecular flexibility index (Phi) is 5.35. The highest BCUT2D eigenvalue weighted by molar-refractivity contribution is 6.32. The van der Waals surface area contributed by atoms with Gasteiger partial charge in [0.05, 0.1) is 28.1 Å². The normalized spacial score (nSPS) is 11.3. The number of fused-ring (bicyclic) bond motifs is 1. The van der Waals surface area contributed by atoms with E-state index in [1.807, 2.05) is 6.92 Å². The number of hydrogen-bond acceptors (Lipinski definition) is 4. The number of allylic oxidation sites excluding steroid dienone is 1. The molecule has 1 N–H and O–H groups in total. The first-order valence-electron chi connectivity index (χ1n) is 8.16. The monoisotopic (exact) mass is 365 g/mol. The summed E-state index contributed by atoms with van der Waals surface area (Å²) < 4.78 is 5.54. The van der Waals surface area contributed by atoms with Gasteiger partial charge in [-0.3, -0.25) is 4.79 Å². The molecule has 5 nitrogen and oxygen atoms in total. The van der Waals surface area contributed by atoms with Crippen LogP contribution < -0.4 is 10.3 Å². The Bertz CT molecular complexity index is 1080. The molecular formula is C20H16ClN3O2. The van der Waals surface area contributed by atoms with E-state index in [-0.39, 0.29) is 17.0 Å². The molecule has 26 heavy (non-hydrogen) atoms. The van der Waals surface area contributed by atoms with Gasteiger partial charge in [0.2, 0.25) is 0 Å². The minimum Gasteiger partial charge on any atom is -0.492 e. The molecule has 0 aliphatic heterocycles. The second-order valence-electron chi connectivity index (χ2n) is 5.64. The number of para-hydroxylation sites is 1. The SMILES string of the molecule is CCCOc1ccc(/C=C(/C#N)c2nc3ccccc3c(=O)[nH]2)cc1Cl. The highest BCUT2D eigenvalue weighted by Crippen LogP contribution is 2.27. The molecule has 3 aromatic rings. The van der Waals surface area contributed by atoms with Gasteiger partial charge >= 0.3 is 0 Å². The van der Waals surface area contributed by atoms with Crippen molar-refractivity contribution >= 4 is 34.2 Å². The van der Waals surface area contributed by atoms with E-state index in [9.17, 15) is 10.1 Å². The fourth-order valence-corrected chi connectivity index (χ4v) is 2.71. The molecule has 0 radical (unpaired) electrons. The number of hydrogen-bond donors (Lipinski definition) is 1. The molecule has 0 amide bonds. The number of benzene rings is 2. The zero-order chi connectivity index (χ0) is 18.5. The van der Waals surface area contributed by atoms with Crippen LogP contribution in [0.15, 0.2) is 47.3 Å². The second-order valence-corrected chi connectivity index (χ2v) is 6.05. The molecule has 1 aromatic heterocycles. The Hall–Kier alpha value is -3.10. The van der Waals surface area contributed by atoms with Crippen molar-refractivity contribution in [3.05, 3.63) is 69.2 Å². The van der Waals surface area contributed by atoms with Crippen molar-refractivity contribution in [2.24, 2.45) is 0 Å². The van der Waals surface area contributed by atoms with Gasteiger partial charge in [-0.1, -0.05) is 36.7 Å². The zero-order valence-corrected chi connectivity index (χ0v) is 14.9. The van der Waals surface area contributed by atoms with Gasteiger partial charge in [-0.15, -0.1) is 0 Å². The third-order valence-electron chi connectivity index (χ3n) is 3.72. The first kappa shape index (κ1) is 17.7. The summed E-state index contributed by atoms with van der Waals surface area (Å²) in [6, 6.07) is 14.3. The maximum Gasteiger partial charge on any atom is 0.259 e. The Morgan fingerprint density at radius 2 is 2.15 bits per heavy atom. The third-order valence-corrected chi connectivity index (χ3v) is 4.01. The fraction of sp³-hybridized carbons (Fsp3) is 0.150. The molecule has 0 atom stereocenters. The molecule has 0 aliphatic carbocycles. The van der Waals surface area contributed by atoms with E-state index in [0.717, 1.165) is 6.42 Å². The smallest absolute Gasteiger partial charge is 0.259 e. The van der Waals surface area contributed by atoms with Gasteiger partial charge in [0, 0.05) is 0 Å². The quantitative estimate of drug-likeness (QED) is 0.678. The van der Waals surface area contributed by atoms with E-state index >= 15 is 0 Å². The van der Waals surface area contributed by atoms with Gasteiger partial charge in [0.15, 0.2) is 5.82 Å². The standard InChI is InChI=1S/C20H16ClN3O2/c1-2-9-26-18-8-7-13(11-16(18)21)10-14(12-22)19-23-17-6-4-3-5-15(17)20(25)24-19/h3-8,10-11H,2,9H2,1H3,(H,23,24,25)/b14-10-. The van der Waals surface area contributed by atoms with Crippen LogP contribution in [0.25, 0.3) is 22.6 Å². The lowest BCUT2D eigenvalue weighted by atomic mass is 10.1. The molecule has 2 aromatic carbocycles. The minimum absolute atomic E-state index is 0.221. The summed E-state index contributed by atoms with van der Waals surface area (Å²) in [5.74, 6) is 0.819. The number of aromatic amines is 1. The number of H-pyrrole nitrogens is 1. The number of nitriles is 1. The topological polar surface area (TPSA) is 78.8 Å². The van der Waals surface area contributed by atoms with Crippen LogP contribution in [-0.4, -0.2) is 16.6 Å². The number of aromatic nitrogens is 2. The minimum atomic E-state index is -0.284. The molecule has 0 spiro atoms. The highest BCUT2D eigenvalue weighted by atomic mass is 35.5. The van der Waals surface area contributed by atoms with Gasteiger partial charge in [0.1, 0.15) is 11.8 Å². The predicted octanol–water partition coefficient (Wildman–Crippen LogP) is 4.43. The van der Waals surface area contributed by atoms with Gasteiger partial charge in [-0.2, -0.15) is 5.26 Å². The summed E-state index contributed by atoms with van der Waals surface area (Å²) in [6.07, 6.45) is 2.51. The lowest BCUT2D eigenvalue weighted by Crippen LogP contribution is -2.11. The summed E-state index contributed by atoms with van der Waals surface area (Å²) in [4.78, 5) is 19.2. The van der Waals surface area contributed by atoms with Crippen LogP contribution in [-0.2, 0) is 0 Å². The number of ether oxygens (including phenoxy) is 1. The maximum atomic E-state index is 12.2. The van der Waals surface area contributed by atoms with Gasteiger partial charge in [-0.25, -0.2) is 4.98 Å². The highest BCUT2D eigenvalue weighted by Gasteiger charge is 2.09. The van der Waals surface area contributed by atoms with E-state index in [2.05, 4.69) is 16.0 Å². The van der Waals surface area contributed by atoms with Crippen molar-refractivity contribution in [1.82, 2.24) is 9.97 Å². The average Bonchev–Trinajstić information content (AvgIpc) is 2.65. The number of nitrogens with one attached hydrogen (secondary N) is 1. The van der Waals surface area contributed by atoms with Gasteiger partial charge < -0.3 is 9.72 Å². The molecule has 0 bridgehead atoms. The van der Waals surface area contributed by atoms with Gasteiger partial charge in [-0.05, 0) is 42.3 Å². The summed E-state index contributed by atoms with van der Waals surface area (Å²) in [5.41, 5.74) is 1.21. The van der Waals surface area contributed by atoms with Crippen LogP contribution in [0.4, 0.5) is 0 Å². The third kappa shape index (κ3) is 3.76. The van der Waals surface area contributed by atoms with Crippen molar-refractivity contribution in [3.63, 3.8) is 0 Å². The Morgan fingerprint density at radius 3 is 2.88 bits per heavy atom. The van der Waals surface area contributed by atoms with Crippen LogP contribution in [0, 0.1) is 11.3 Å². The van der Waals surface area contributed by atoms with E-state index in [4.69, 9.17) is 16.3 Å². The lowest BCUT2D eigenvalue weighted by Gasteiger charge is -2.07. The first-order valence-corrected chi connectivity index (χ1v) is 8.53. The van der Waals surface area contributed by atoms with Crippen LogP contribution >= 0.6 is 11.6 Å². The van der Waals surface area contributed by atoms with Crippen molar-refractivity contribution in [2.75, 3.05) is 6.61 Å². The van der Waals surface area contributed by atoms with E-state index in [1.54, 1.807) is 48.5 Å². The summed E-state index contributed by atoms with van der Waals surface area (Å²) in [7, 11) is 0. The Morgan fingerprint density at radius 1 is 1.35 bits per heavy atom. The molecule has 1 heterocycles. The first-order chi connectivity index (χ1) is 12.6. The van der Waals surface area contributed by atoms with Crippen LogP contribution in [0.3, 0.4) is 0 Å². The van der Waals surface area contributed by atoms with Crippen molar-refractivity contribution in [3.8, 4) is 11.8 Å². The van der Waals surface area contributed by atoms with E-state index in [1.165, 1.54) is 0 Å². The molecule has 0 saturated carbocycles. The van der Waals surface area contributed by atoms with Crippen molar-refractivity contribution in [1.29, 1.82) is 5.26 Å². The lowest BCUT2D eigenvalue weighted by molar-refractivity contribution is 0.317. The van der Waals surface area contributed by atoms with E-state index in [0.29, 0.717) is 33.8 Å². The Balaban J connectivity index is 2.00. The molecular weight excluding hydrogens is 350 g/mol. The Labute approximate surface area is 155 Å². The number of nitrogens with zero attached hydrogens (tertiary/aromatic N) is 2. The molecule has 0 saturated heterocycles. The van der Waals surface area contributed by atoms with Crippen LogP contribution in [0.1, 0.15) is 24.7 Å². The zero-order valence-electron chi connectivity index (χ0n) is 14.1. The van der Waals surface area contributed by atoms with Crippen molar-refractivity contribution < 1.29 is 4.74 Å². The largest absolute Gasteiger partial charge is 0.492 e. The molecule has 0 unspecified atom stereocenters. The molecule has 3 rings (SSSR count). The average molecular weight is 366 g/mol. The summed E-state index contributed by atoms with van der Waals surface area (Å²) >= 11 is 6.23. The predicted molar refractivity (Wildman–Crippen MR) is 103 cm³/mol. The van der Waals surface area contributed by atoms with Crippen LogP contribution in [0.2, 0.25) is 5.02 Å². The molecule has 130 valence electrons. The second kappa shape index (κ2) is 7.85. The van der Waals surface area contributed by atoms with E-state index < -0.39 is 0 Å². The molecule has 0 aliphatic rings. The number of halogens is 1.